The highest BCUT2D eigenvalue weighted by Gasteiger charge is 2.10. The molecule has 0 saturated heterocycles. The smallest absolute Gasteiger partial charge is 0.257 e. The molecule has 0 radical (unpaired) electrons. The molecule has 1 heterocycles. The van der Waals surface area contributed by atoms with Crippen molar-refractivity contribution in [1.29, 1.82) is 0 Å². The van der Waals surface area contributed by atoms with E-state index in [4.69, 9.17) is 21.4 Å². The van der Waals surface area contributed by atoms with E-state index in [1.807, 2.05) is 49.4 Å². The first-order valence-corrected chi connectivity index (χ1v) is 9.67. The van der Waals surface area contributed by atoms with Gasteiger partial charge in [-0.05, 0) is 85.4 Å². The molecule has 1 amide bonds. The highest BCUT2D eigenvalue weighted by Crippen LogP contribution is 2.26. The third-order valence-electron chi connectivity index (χ3n) is 4.51. The van der Waals surface area contributed by atoms with Crippen molar-refractivity contribution >= 4 is 40.0 Å². The van der Waals surface area contributed by atoms with Crippen molar-refractivity contribution in [1.82, 2.24) is 10.3 Å². The van der Waals surface area contributed by atoms with Crippen LogP contribution < -0.4 is 15.4 Å². The van der Waals surface area contributed by atoms with Crippen molar-refractivity contribution in [2.75, 3.05) is 12.4 Å². The van der Waals surface area contributed by atoms with E-state index >= 15 is 0 Å². The first-order chi connectivity index (χ1) is 14.5. The average Bonchev–Trinajstić information content (AvgIpc) is 3.17. The maximum atomic E-state index is 12.3. The van der Waals surface area contributed by atoms with Crippen molar-refractivity contribution in [3.63, 3.8) is 0 Å². The first kappa shape index (κ1) is 19.6. The number of carbonyl (C=O) groups is 1. The average molecular weight is 417 g/mol. The van der Waals surface area contributed by atoms with E-state index in [-0.39, 0.29) is 11.0 Å². The summed E-state index contributed by atoms with van der Waals surface area (Å²) >= 11 is 5.24. The minimum Gasteiger partial charge on any atom is -0.497 e. The van der Waals surface area contributed by atoms with Crippen LogP contribution in [0.1, 0.15) is 15.9 Å². The van der Waals surface area contributed by atoms with Gasteiger partial charge in [0.2, 0.25) is 5.89 Å². The minimum atomic E-state index is -0.298. The molecule has 0 unspecified atom stereocenters. The fourth-order valence-corrected chi connectivity index (χ4v) is 3.14. The van der Waals surface area contributed by atoms with Crippen LogP contribution in [0, 0.1) is 6.92 Å². The number of anilines is 1. The lowest BCUT2D eigenvalue weighted by Crippen LogP contribution is -2.34. The largest absolute Gasteiger partial charge is 0.497 e. The van der Waals surface area contributed by atoms with Gasteiger partial charge in [0.1, 0.15) is 11.3 Å². The Hall–Kier alpha value is -3.71. The number of hydrogen-bond acceptors (Lipinski definition) is 5. The van der Waals surface area contributed by atoms with Crippen molar-refractivity contribution in [3.05, 3.63) is 77.9 Å². The van der Waals surface area contributed by atoms with E-state index in [1.165, 1.54) is 0 Å². The molecule has 150 valence electrons. The van der Waals surface area contributed by atoms with E-state index in [2.05, 4.69) is 15.6 Å². The van der Waals surface area contributed by atoms with Gasteiger partial charge in [0.05, 0.1) is 7.11 Å². The number of carbonyl (C=O) groups excluding carboxylic acids is 1. The van der Waals surface area contributed by atoms with E-state index < -0.39 is 0 Å². The molecule has 30 heavy (non-hydrogen) atoms. The molecule has 0 aliphatic rings. The summed E-state index contributed by atoms with van der Waals surface area (Å²) in [5, 5.41) is 5.87. The fourth-order valence-electron chi connectivity index (χ4n) is 2.93. The van der Waals surface area contributed by atoms with Gasteiger partial charge in [0.15, 0.2) is 10.7 Å². The summed E-state index contributed by atoms with van der Waals surface area (Å²) < 4.78 is 10.9. The molecule has 4 aromatic rings. The summed E-state index contributed by atoms with van der Waals surface area (Å²) in [6, 6.07) is 20.2. The summed E-state index contributed by atoms with van der Waals surface area (Å²) in [7, 11) is 1.57. The van der Waals surface area contributed by atoms with Crippen LogP contribution in [0.2, 0.25) is 0 Å². The lowest BCUT2D eigenvalue weighted by Gasteiger charge is -2.10. The summed E-state index contributed by atoms with van der Waals surface area (Å²) in [5.74, 6) is 0.937. The standard InChI is InChI=1S/C23H19N3O3S/c1-14-3-12-19-20(13-14)29-22(25-19)16-4-8-17(9-5-16)24-23(30)26-21(27)15-6-10-18(28-2)11-7-15/h3-13H,1-2H3,(H2,24,26,27,30). The highest BCUT2D eigenvalue weighted by atomic mass is 32.1. The molecular formula is C23H19N3O3S. The number of amides is 1. The van der Waals surface area contributed by atoms with Crippen LogP contribution in [0.5, 0.6) is 5.75 Å². The number of rotatable bonds is 4. The Balaban J connectivity index is 1.40. The molecule has 0 fully saturated rings. The molecule has 1 aromatic heterocycles. The number of hydrogen-bond donors (Lipinski definition) is 2. The second-order valence-corrected chi connectivity index (χ2v) is 7.11. The molecule has 0 saturated carbocycles. The van der Waals surface area contributed by atoms with Crippen LogP contribution >= 0.6 is 12.2 Å². The van der Waals surface area contributed by atoms with Crippen LogP contribution in [-0.2, 0) is 0 Å². The molecule has 2 N–H and O–H groups in total. The first-order valence-electron chi connectivity index (χ1n) is 9.26. The zero-order chi connectivity index (χ0) is 21.1. The van der Waals surface area contributed by atoms with E-state index in [0.29, 0.717) is 17.2 Å². The second kappa shape index (κ2) is 8.34. The Labute approximate surface area is 178 Å². The number of aryl methyl sites for hydroxylation is 1. The number of nitrogens with zero attached hydrogens (tertiary/aromatic N) is 1. The molecule has 3 aromatic carbocycles. The van der Waals surface area contributed by atoms with E-state index in [9.17, 15) is 4.79 Å². The van der Waals surface area contributed by atoms with Gasteiger partial charge in [-0.15, -0.1) is 0 Å². The molecule has 7 heteroatoms. The molecule has 0 aliphatic carbocycles. The Morgan fingerprint density at radius 3 is 2.47 bits per heavy atom. The van der Waals surface area contributed by atoms with Gasteiger partial charge < -0.3 is 14.5 Å². The van der Waals surface area contributed by atoms with Gasteiger partial charge in [-0.3, -0.25) is 10.1 Å². The topological polar surface area (TPSA) is 76.4 Å². The fraction of sp³-hybridized carbons (Fsp3) is 0.0870. The van der Waals surface area contributed by atoms with Crippen LogP contribution in [0.4, 0.5) is 5.69 Å². The van der Waals surface area contributed by atoms with Crippen molar-refractivity contribution in [2.24, 2.45) is 0 Å². The predicted molar refractivity (Wildman–Crippen MR) is 121 cm³/mol. The summed E-state index contributed by atoms with van der Waals surface area (Å²) in [6.45, 7) is 2.01. The molecule has 0 aliphatic heterocycles. The maximum Gasteiger partial charge on any atom is 0.257 e. The normalized spacial score (nSPS) is 10.6. The van der Waals surface area contributed by atoms with Crippen LogP contribution in [0.15, 0.2) is 71.1 Å². The maximum absolute atomic E-state index is 12.3. The number of fused-ring (bicyclic) bond motifs is 1. The number of oxazole rings is 1. The number of benzene rings is 3. The summed E-state index contributed by atoms with van der Waals surface area (Å²) in [4.78, 5) is 16.8. The molecule has 4 rings (SSSR count). The second-order valence-electron chi connectivity index (χ2n) is 6.70. The summed E-state index contributed by atoms with van der Waals surface area (Å²) in [5.41, 5.74) is 4.78. The zero-order valence-electron chi connectivity index (χ0n) is 16.4. The van der Waals surface area contributed by atoms with Crippen molar-refractivity contribution in [2.45, 2.75) is 6.92 Å². The van der Waals surface area contributed by atoms with Crippen molar-refractivity contribution < 1.29 is 13.9 Å². The van der Waals surface area contributed by atoms with Gasteiger partial charge in [0, 0.05) is 16.8 Å². The predicted octanol–water partition coefficient (Wildman–Crippen LogP) is 4.94. The number of methoxy groups -OCH3 is 1. The SMILES string of the molecule is COc1ccc(C(=O)NC(=S)Nc2ccc(-c3nc4ccc(C)cc4o3)cc2)cc1. The lowest BCUT2D eigenvalue weighted by atomic mass is 10.2. The van der Waals surface area contributed by atoms with E-state index in [0.717, 1.165) is 27.9 Å². The Morgan fingerprint density at radius 2 is 1.77 bits per heavy atom. The molecular weight excluding hydrogens is 398 g/mol. The minimum absolute atomic E-state index is 0.209. The summed E-state index contributed by atoms with van der Waals surface area (Å²) in [6.07, 6.45) is 0. The molecule has 0 spiro atoms. The Kier molecular flexibility index (Phi) is 5.45. The van der Waals surface area contributed by atoms with Gasteiger partial charge in [0.25, 0.3) is 5.91 Å². The van der Waals surface area contributed by atoms with Gasteiger partial charge in [-0.2, -0.15) is 0 Å². The quantitative estimate of drug-likeness (QED) is 0.458. The molecule has 0 bridgehead atoms. The number of nitrogens with one attached hydrogen (secondary N) is 2. The number of ether oxygens (including phenoxy) is 1. The number of thiocarbonyl (C=S) groups is 1. The molecule has 0 atom stereocenters. The monoisotopic (exact) mass is 417 g/mol. The number of aromatic nitrogens is 1. The van der Waals surface area contributed by atoms with Gasteiger partial charge in [-0.25, -0.2) is 4.98 Å². The Morgan fingerprint density at radius 1 is 1.03 bits per heavy atom. The third kappa shape index (κ3) is 4.31. The van der Waals surface area contributed by atoms with E-state index in [1.54, 1.807) is 31.4 Å². The lowest BCUT2D eigenvalue weighted by molar-refractivity contribution is 0.0977. The van der Waals surface area contributed by atoms with Crippen LogP contribution in [0.3, 0.4) is 0 Å². The molecule has 6 nitrogen and oxygen atoms in total. The van der Waals surface area contributed by atoms with Crippen LogP contribution in [-0.4, -0.2) is 23.1 Å². The van der Waals surface area contributed by atoms with Crippen LogP contribution in [0.25, 0.3) is 22.6 Å². The van der Waals surface area contributed by atoms with Gasteiger partial charge >= 0.3 is 0 Å². The van der Waals surface area contributed by atoms with Gasteiger partial charge in [-0.1, -0.05) is 6.07 Å². The highest BCUT2D eigenvalue weighted by molar-refractivity contribution is 7.80. The zero-order valence-corrected chi connectivity index (χ0v) is 17.2. The van der Waals surface area contributed by atoms with Crippen molar-refractivity contribution in [3.8, 4) is 17.2 Å². The Bertz CT molecular complexity index is 1210. The third-order valence-corrected chi connectivity index (χ3v) is 4.72.